The Hall–Kier alpha value is -2.23. The zero-order chi connectivity index (χ0) is 14.0. The Balaban J connectivity index is 2.34. The quantitative estimate of drug-likeness (QED) is 0.918. The van der Waals surface area contributed by atoms with E-state index < -0.39 is 0 Å². The molecule has 2 rings (SSSR count). The van der Waals surface area contributed by atoms with Crippen LogP contribution < -0.4 is 10.6 Å². The lowest BCUT2D eigenvalue weighted by Gasteiger charge is -2.21. The van der Waals surface area contributed by atoms with Gasteiger partial charge in [0.05, 0.1) is 5.69 Å². The maximum absolute atomic E-state index is 12.5. The molecular weight excluding hydrogens is 238 g/mol. The Bertz CT molecular complexity index is 584. The number of nitrogen functional groups attached to an aromatic ring is 1. The lowest BCUT2D eigenvalue weighted by molar-refractivity contribution is 0.0980. The Morgan fingerprint density at radius 3 is 2.42 bits per heavy atom. The maximum Gasteiger partial charge on any atom is 0.274 e. The Morgan fingerprint density at radius 2 is 1.95 bits per heavy atom. The molecule has 1 amide bonds. The molecule has 0 aliphatic heterocycles. The molecule has 2 aromatic rings. The highest BCUT2D eigenvalue weighted by molar-refractivity contribution is 6.05. The van der Waals surface area contributed by atoms with Crippen molar-refractivity contribution in [3.8, 4) is 0 Å². The summed E-state index contributed by atoms with van der Waals surface area (Å²) in [6, 6.07) is 9.64. The summed E-state index contributed by atoms with van der Waals surface area (Å²) in [4.78, 5) is 14.3. The lowest BCUT2D eigenvalue weighted by Crippen LogP contribution is -2.31. The first kappa shape index (κ1) is 13.2. The number of hydrogen-bond acceptors (Lipinski definition) is 2. The van der Waals surface area contributed by atoms with Crippen LogP contribution in [0.15, 0.2) is 36.5 Å². The van der Waals surface area contributed by atoms with Crippen molar-refractivity contribution in [2.75, 3.05) is 17.2 Å². The molecule has 1 aromatic heterocycles. The normalized spacial score (nSPS) is 10.5. The Morgan fingerprint density at radius 1 is 1.32 bits per heavy atom. The smallest absolute Gasteiger partial charge is 0.274 e. The average Bonchev–Trinajstić information content (AvgIpc) is 2.71. The molecule has 0 fully saturated rings. The minimum absolute atomic E-state index is 0.0365. The van der Waals surface area contributed by atoms with Crippen LogP contribution >= 0.6 is 0 Å². The highest BCUT2D eigenvalue weighted by atomic mass is 16.2. The van der Waals surface area contributed by atoms with Crippen LogP contribution in [0.1, 0.15) is 23.0 Å². The number of nitrogens with zero attached hydrogens (tertiary/aromatic N) is 2. The van der Waals surface area contributed by atoms with Gasteiger partial charge >= 0.3 is 0 Å². The van der Waals surface area contributed by atoms with E-state index in [1.165, 1.54) is 5.56 Å². The zero-order valence-electron chi connectivity index (χ0n) is 11.6. The van der Waals surface area contributed by atoms with Crippen molar-refractivity contribution in [2.24, 2.45) is 7.05 Å². The predicted octanol–water partition coefficient (Wildman–Crippen LogP) is 2.58. The fourth-order valence-corrected chi connectivity index (χ4v) is 2.11. The highest BCUT2D eigenvalue weighted by Crippen LogP contribution is 2.19. The molecule has 0 aliphatic rings. The summed E-state index contributed by atoms with van der Waals surface area (Å²) in [5.41, 5.74) is 9.00. The largest absolute Gasteiger partial charge is 0.397 e. The number of anilines is 2. The predicted molar refractivity (Wildman–Crippen MR) is 78.4 cm³/mol. The van der Waals surface area contributed by atoms with Gasteiger partial charge in [-0.25, -0.2) is 0 Å². The maximum atomic E-state index is 12.5. The second kappa shape index (κ2) is 5.18. The van der Waals surface area contributed by atoms with Crippen LogP contribution in [-0.4, -0.2) is 17.0 Å². The van der Waals surface area contributed by atoms with Crippen LogP contribution in [0, 0.1) is 6.92 Å². The molecule has 1 heterocycles. The third-order valence-corrected chi connectivity index (χ3v) is 3.15. The molecule has 0 radical (unpaired) electrons. The summed E-state index contributed by atoms with van der Waals surface area (Å²) in [6.45, 7) is 4.61. The third-order valence-electron chi connectivity index (χ3n) is 3.15. The summed E-state index contributed by atoms with van der Waals surface area (Å²) in [5.74, 6) is -0.0365. The van der Waals surface area contributed by atoms with Crippen molar-refractivity contribution in [1.82, 2.24) is 4.57 Å². The zero-order valence-corrected chi connectivity index (χ0v) is 11.6. The summed E-state index contributed by atoms with van der Waals surface area (Å²) in [7, 11) is 1.83. The van der Waals surface area contributed by atoms with Gasteiger partial charge in [0.25, 0.3) is 5.91 Å². The molecule has 4 nitrogen and oxygen atoms in total. The standard InChI is InChI=1S/C15H19N3O/c1-4-18(13-7-5-11(2)6-8-13)15(19)14-9-12(16)10-17(14)3/h5-10H,4,16H2,1-3H3. The van der Waals surface area contributed by atoms with Crippen LogP contribution in [0.4, 0.5) is 11.4 Å². The number of carbonyl (C=O) groups excluding carboxylic acids is 1. The molecule has 0 atom stereocenters. The van der Waals surface area contributed by atoms with E-state index in [1.807, 2.05) is 45.2 Å². The minimum atomic E-state index is -0.0365. The number of aryl methyl sites for hydroxylation is 2. The fourth-order valence-electron chi connectivity index (χ4n) is 2.11. The number of rotatable bonds is 3. The van der Waals surface area contributed by atoms with Gasteiger partial charge in [0.15, 0.2) is 0 Å². The van der Waals surface area contributed by atoms with E-state index in [0.29, 0.717) is 17.9 Å². The molecule has 0 saturated heterocycles. The number of aromatic nitrogens is 1. The number of nitrogens with two attached hydrogens (primary N) is 1. The Labute approximate surface area is 113 Å². The topological polar surface area (TPSA) is 51.3 Å². The first-order chi connectivity index (χ1) is 9.02. The number of carbonyl (C=O) groups is 1. The van der Waals surface area contributed by atoms with Gasteiger partial charge in [0.2, 0.25) is 0 Å². The van der Waals surface area contributed by atoms with Gasteiger partial charge in [-0.2, -0.15) is 0 Å². The first-order valence-corrected chi connectivity index (χ1v) is 6.33. The first-order valence-electron chi connectivity index (χ1n) is 6.33. The molecule has 0 spiro atoms. The van der Waals surface area contributed by atoms with E-state index in [4.69, 9.17) is 5.73 Å². The monoisotopic (exact) mass is 257 g/mol. The highest BCUT2D eigenvalue weighted by Gasteiger charge is 2.19. The average molecular weight is 257 g/mol. The van der Waals surface area contributed by atoms with Crippen molar-refractivity contribution < 1.29 is 4.79 Å². The third kappa shape index (κ3) is 2.62. The van der Waals surface area contributed by atoms with Gasteiger partial charge in [-0.1, -0.05) is 17.7 Å². The van der Waals surface area contributed by atoms with E-state index in [2.05, 4.69) is 0 Å². The second-order valence-corrected chi connectivity index (χ2v) is 4.65. The van der Waals surface area contributed by atoms with E-state index in [1.54, 1.807) is 21.7 Å². The van der Waals surface area contributed by atoms with Gasteiger partial charge in [0.1, 0.15) is 5.69 Å². The van der Waals surface area contributed by atoms with Crippen LogP contribution in [0.25, 0.3) is 0 Å². The summed E-state index contributed by atoms with van der Waals surface area (Å²) < 4.78 is 1.76. The SMILES string of the molecule is CCN(C(=O)c1cc(N)cn1C)c1ccc(C)cc1. The second-order valence-electron chi connectivity index (χ2n) is 4.65. The lowest BCUT2D eigenvalue weighted by atomic mass is 10.2. The molecule has 19 heavy (non-hydrogen) atoms. The molecule has 0 saturated carbocycles. The number of benzene rings is 1. The van der Waals surface area contributed by atoms with Gasteiger partial charge in [-0.05, 0) is 32.0 Å². The van der Waals surface area contributed by atoms with E-state index in [0.717, 1.165) is 5.69 Å². The van der Waals surface area contributed by atoms with Crippen LogP contribution in [0.2, 0.25) is 0 Å². The van der Waals surface area contributed by atoms with Crippen molar-refractivity contribution >= 4 is 17.3 Å². The summed E-state index contributed by atoms with van der Waals surface area (Å²) in [6.07, 6.45) is 1.75. The molecule has 100 valence electrons. The molecular formula is C15H19N3O. The van der Waals surface area contributed by atoms with E-state index in [-0.39, 0.29) is 5.91 Å². The van der Waals surface area contributed by atoms with Crippen molar-refractivity contribution in [2.45, 2.75) is 13.8 Å². The van der Waals surface area contributed by atoms with Crippen LogP contribution in [0.3, 0.4) is 0 Å². The van der Waals surface area contributed by atoms with Crippen molar-refractivity contribution in [1.29, 1.82) is 0 Å². The molecule has 2 N–H and O–H groups in total. The van der Waals surface area contributed by atoms with Crippen molar-refractivity contribution in [3.63, 3.8) is 0 Å². The molecule has 1 aromatic carbocycles. The summed E-state index contributed by atoms with van der Waals surface area (Å²) in [5, 5.41) is 0. The van der Waals surface area contributed by atoms with Crippen molar-refractivity contribution in [3.05, 3.63) is 47.8 Å². The van der Waals surface area contributed by atoms with E-state index >= 15 is 0 Å². The minimum Gasteiger partial charge on any atom is -0.397 e. The van der Waals surface area contributed by atoms with Gasteiger partial charge in [-0.15, -0.1) is 0 Å². The molecule has 0 bridgehead atoms. The fraction of sp³-hybridized carbons (Fsp3) is 0.267. The summed E-state index contributed by atoms with van der Waals surface area (Å²) >= 11 is 0. The molecule has 0 unspecified atom stereocenters. The van der Waals surface area contributed by atoms with Gasteiger partial charge in [0, 0.05) is 25.5 Å². The number of amides is 1. The molecule has 0 aliphatic carbocycles. The van der Waals surface area contributed by atoms with Crippen LogP contribution in [0.5, 0.6) is 0 Å². The van der Waals surface area contributed by atoms with Gasteiger partial charge < -0.3 is 15.2 Å². The molecule has 4 heteroatoms. The Kier molecular flexibility index (Phi) is 3.60. The van der Waals surface area contributed by atoms with Gasteiger partial charge in [-0.3, -0.25) is 4.79 Å². The van der Waals surface area contributed by atoms with E-state index in [9.17, 15) is 4.79 Å². The number of hydrogen-bond donors (Lipinski definition) is 1. The van der Waals surface area contributed by atoms with Crippen LogP contribution in [-0.2, 0) is 7.05 Å².